The highest BCUT2D eigenvalue weighted by molar-refractivity contribution is 6.11. The van der Waals surface area contributed by atoms with E-state index in [9.17, 15) is 0 Å². The molecule has 0 saturated carbocycles. The zero-order valence-electron chi connectivity index (χ0n) is 18.8. The van der Waals surface area contributed by atoms with Gasteiger partial charge in [0.2, 0.25) is 0 Å². The predicted octanol–water partition coefficient (Wildman–Crippen LogP) is 8.08. The Kier molecular flexibility index (Phi) is 7.96. The molecule has 0 saturated heterocycles. The fourth-order valence-electron chi connectivity index (χ4n) is 3.66. The van der Waals surface area contributed by atoms with Gasteiger partial charge in [-0.05, 0) is 38.8 Å². The number of ether oxygens (including phenoxy) is 2. The van der Waals surface area contributed by atoms with Crippen LogP contribution in [-0.4, -0.2) is 13.2 Å². The zero-order valence-corrected chi connectivity index (χ0v) is 18.8. The topological polar surface area (TPSA) is 18.5 Å². The Morgan fingerprint density at radius 1 is 0.600 bits per heavy atom. The molecule has 3 rings (SSSR count). The first-order valence-electron chi connectivity index (χ1n) is 11.2. The summed E-state index contributed by atoms with van der Waals surface area (Å²) in [5.41, 5.74) is 2.43. The Labute approximate surface area is 181 Å². The van der Waals surface area contributed by atoms with Crippen LogP contribution in [0.4, 0.5) is 0 Å². The number of rotatable bonds is 10. The van der Waals surface area contributed by atoms with Gasteiger partial charge in [0.05, 0.1) is 0 Å². The number of unbranched alkanes of at least 4 members (excludes halogenated alkanes) is 2. The molecule has 158 valence electrons. The summed E-state index contributed by atoms with van der Waals surface area (Å²) in [4.78, 5) is 0. The Morgan fingerprint density at radius 2 is 1.03 bits per heavy atom. The quantitative estimate of drug-likeness (QED) is 0.252. The lowest BCUT2D eigenvalue weighted by molar-refractivity contribution is 0.365. The van der Waals surface area contributed by atoms with E-state index in [1.807, 2.05) is 0 Å². The minimum Gasteiger partial charge on any atom is -0.488 e. The van der Waals surface area contributed by atoms with Crippen LogP contribution in [0.25, 0.3) is 21.5 Å². The SMILES string of the molecule is CCC/C=C/COc1c2ccc(C)cc2c(OC/C=C/CCC)c2cc(C)ccc12. The van der Waals surface area contributed by atoms with Crippen molar-refractivity contribution in [3.63, 3.8) is 0 Å². The molecule has 0 amide bonds. The van der Waals surface area contributed by atoms with Crippen molar-refractivity contribution in [3.8, 4) is 11.5 Å². The van der Waals surface area contributed by atoms with E-state index in [1.54, 1.807) is 0 Å². The second-order valence-corrected chi connectivity index (χ2v) is 7.90. The summed E-state index contributed by atoms with van der Waals surface area (Å²) in [7, 11) is 0. The standard InChI is InChI=1S/C28H34O2/c1-5-7-9-11-17-29-27-23-15-13-21(3)19-25(23)28(30-18-12-10-8-6-2)26-20-22(4)14-16-24(26)27/h9-16,19-20H,5-8,17-18H2,1-4H3/b11-9+,12-10+. The highest BCUT2D eigenvalue weighted by Gasteiger charge is 2.16. The summed E-state index contributed by atoms with van der Waals surface area (Å²) in [5.74, 6) is 1.89. The molecule has 0 N–H and O–H groups in total. The van der Waals surface area contributed by atoms with E-state index >= 15 is 0 Å². The van der Waals surface area contributed by atoms with Crippen LogP contribution < -0.4 is 9.47 Å². The molecule has 0 unspecified atom stereocenters. The van der Waals surface area contributed by atoms with Crippen LogP contribution >= 0.6 is 0 Å². The average molecular weight is 403 g/mol. The first-order chi connectivity index (χ1) is 14.7. The third-order valence-corrected chi connectivity index (χ3v) is 5.22. The summed E-state index contributed by atoms with van der Waals surface area (Å²) >= 11 is 0. The molecule has 0 radical (unpaired) electrons. The van der Waals surface area contributed by atoms with Gasteiger partial charge >= 0.3 is 0 Å². The average Bonchev–Trinajstić information content (AvgIpc) is 2.74. The normalized spacial score (nSPS) is 11.9. The molecule has 2 nitrogen and oxygen atoms in total. The molecule has 3 aromatic carbocycles. The molecule has 30 heavy (non-hydrogen) atoms. The molecular weight excluding hydrogens is 368 g/mol. The molecule has 2 heteroatoms. The van der Waals surface area contributed by atoms with Crippen molar-refractivity contribution in [2.24, 2.45) is 0 Å². The van der Waals surface area contributed by atoms with Gasteiger partial charge in [-0.1, -0.05) is 86.4 Å². The van der Waals surface area contributed by atoms with Gasteiger partial charge in [-0.15, -0.1) is 0 Å². The number of allylic oxidation sites excluding steroid dienone is 2. The zero-order chi connectivity index (χ0) is 21.3. The van der Waals surface area contributed by atoms with Gasteiger partial charge in [-0.3, -0.25) is 0 Å². The molecular formula is C28H34O2. The van der Waals surface area contributed by atoms with Gasteiger partial charge in [0.25, 0.3) is 0 Å². The van der Waals surface area contributed by atoms with Crippen LogP contribution in [-0.2, 0) is 0 Å². The fourth-order valence-corrected chi connectivity index (χ4v) is 3.66. The molecule has 0 atom stereocenters. The first kappa shape index (κ1) is 22.0. The molecule has 0 heterocycles. The van der Waals surface area contributed by atoms with Crippen molar-refractivity contribution >= 4 is 21.5 Å². The number of hydrogen-bond donors (Lipinski definition) is 0. The second kappa shape index (κ2) is 10.9. The lowest BCUT2D eigenvalue weighted by Gasteiger charge is -2.18. The van der Waals surface area contributed by atoms with E-state index in [-0.39, 0.29) is 0 Å². The van der Waals surface area contributed by atoms with Gasteiger partial charge < -0.3 is 9.47 Å². The van der Waals surface area contributed by atoms with Gasteiger partial charge in [0, 0.05) is 21.5 Å². The number of aryl methyl sites for hydroxylation is 2. The van der Waals surface area contributed by atoms with E-state index in [0.717, 1.165) is 58.7 Å². The summed E-state index contributed by atoms with van der Waals surface area (Å²) in [5, 5.41) is 4.44. The monoisotopic (exact) mass is 402 g/mol. The summed E-state index contributed by atoms with van der Waals surface area (Å²) in [6.07, 6.45) is 13.1. The van der Waals surface area contributed by atoms with Crippen molar-refractivity contribution in [2.75, 3.05) is 13.2 Å². The third kappa shape index (κ3) is 5.24. The Hall–Kier alpha value is -2.74. The Balaban J connectivity index is 2.10. The maximum atomic E-state index is 6.35. The smallest absolute Gasteiger partial charge is 0.135 e. The number of fused-ring (bicyclic) bond motifs is 2. The summed E-state index contributed by atoms with van der Waals surface area (Å²) in [6.45, 7) is 9.77. The highest BCUT2D eigenvalue weighted by Crippen LogP contribution is 2.43. The summed E-state index contributed by atoms with van der Waals surface area (Å²) in [6, 6.07) is 13.0. The maximum Gasteiger partial charge on any atom is 0.135 e. The molecule has 0 aromatic heterocycles. The maximum absolute atomic E-state index is 6.35. The van der Waals surface area contributed by atoms with Crippen LogP contribution in [0.5, 0.6) is 11.5 Å². The number of benzene rings is 3. The highest BCUT2D eigenvalue weighted by atomic mass is 16.5. The van der Waals surface area contributed by atoms with Crippen LogP contribution in [0.2, 0.25) is 0 Å². The van der Waals surface area contributed by atoms with Crippen LogP contribution in [0.1, 0.15) is 50.7 Å². The number of hydrogen-bond acceptors (Lipinski definition) is 2. The lowest BCUT2D eigenvalue weighted by atomic mass is 9.98. The lowest BCUT2D eigenvalue weighted by Crippen LogP contribution is -2.00. The van der Waals surface area contributed by atoms with Crippen molar-refractivity contribution in [1.82, 2.24) is 0 Å². The van der Waals surface area contributed by atoms with Crippen LogP contribution in [0.3, 0.4) is 0 Å². The largest absolute Gasteiger partial charge is 0.488 e. The Morgan fingerprint density at radius 3 is 1.47 bits per heavy atom. The fraction of sp³-hybridized carbons (Fsp3) is 0.357. The van der Waals surface area contributed by atoms with Gasteiger partial charge in [0.15, 0.2) is 0 Å². The van der Waals surface area contributed by atoms with Crippen molar-refractivity contribution in [2.45, 2.75) is 53.4 Å². The molecule has 3 aromatic rings. The molecule has 0 fully saturated rings. The minimum atomic E-state index is 0.575. The molecule has 0 aliphatic rings. The van der Waals surface area contributed by atoms with E-state index in [1.165, 1.54) is 11.1 Å². The third-order valence-electron chi connectivity index (χ3n) is 5.22. The minimum absolute atomic E-state index is 0.575. The van der Waals surface area contributed by atoms with Crippen LogP contribution in [0, 0.1) is 13.8 Å². The molecule has 0 spiro atoms. The second-order valence-electron chi connectivity index (χ2n) is 7.90. The van der Waals surface area contributed by atoms with E-state index in [2.05, 4.69) is 88.4 Å². The first-order valence-corrected chi connectivity index (χ1v) is 11.2. The van der Waals surface area contributed by atoms with Crippen molar-refractivity contribution in [3.05, 3.63) is 71.8 Å². The van der Waals surface area contributed by atoms with E-state index < -0.39 is 0 Å². The van der Waals surface area contributed by atoms with Gasteiger partial charge in [-0.2, -0.15) is 0 Å². The summed E-state index contributed by atoms with van der Waals surface area (Å²) < 4.78 is 12.7. The van der Waals surface area contributed by atoms with E-state index in [4.69, 9.17) is 9.47 Å². The predicted molar refractivity (Wildman–Crippen MR) is 130 cm³/mol. The van der Waals surface area contributed by atoms with Gasteiger partial charge in [0.1, 0.15) is 24.7 Å². The van der Waals surface area contributed by atoms with E-state index in [0.29, 0.717) is 13.2 Å². The molecule has 0 aliphatic carbocycles. The van der Waals surface area contributed by atoms with Crippen molar-refractivity contribution in [1.29, 1.82) is 0 Å². The van der Waals surface area contributed by atoms with Crippen LogP contribution in [0.15, 0.2) is 60.7 Å². The Bertz CT molecular complexity index is 981. The molecule has 0 bridgehead atoms. The molecule has 0 aliphatic heterocycles. The van der Waals surface area contributed by atoms with Gasteiger partial charge in [-0.25, -0.2) is 0 Å². The van der Waals surface area contributed by atoms with Crippen molar-refractivity contribution < 1.29 is 9.47 Å².